The summed E-state index contributed by atoms with van der Waals surface area (Å²) in [6.45, 7) is 0.600. The molecule has 5 heteroatoms. The van der Waals surface area contributed by atoms with Crippen LogP contribution in [0.1, 0.15) is 5.56 Å². The molecule has 0 atom stereocenters. The molecule has 0 bridgehead atoms. The second-order valence-electron chi connectivity index (χ2n) is 3.80. The van der Waals surface area contributed by atoms with Crippen molar-refractivity contribution in [2.45, 2.75) is 6.54 Å². The van der Waals surface area contributed by atoms with Gasteiger partial charge in [0.1, 0.15) is 0 Å². The van der Waals surface area contributed by atoms with Gasteiger partial charge >= 0.3 is 0 Å². The smallest absolute Gasteiger partial charge is 0.201 e. The molecule has 1 aromatic carbocycles. The number of halogens is 1. The largest absolute Gasteiger partial charge is 0.472 e. The molecule has 3 aromatic rings. The maximum absolute atomic E-state index is 6.18. The van der Waals surface area contributed by atoms with Gasteiger partial charge in [0.15, 0.2) is 0 Å². The molecule has 2 N–H and O–H groups in total. The van der Waals surface area contributed by atoms with E-state index >= 15 is 0 Å². The lowest BCUT2D eigenvalue weighted by Crippen LogP contribution is -2.04. The van der Waals surface area contributed by atoms with Crippen molar-refractivity contribution >= 4 is 28.6 Å². The zero-order valence-corrected chi connectivity index (χ0v) is 9.69. The van der Waals surface area contributed by atoms with E-state index in [0.717, 1.165) is 16.6 Å². The van der Waals surface area contributed by atoms with Crippen LogP contribution in [0.4, 0.5) is 5.95 Å². The highest BCUT2D eigenvalue weighted by Crippen LogP contribution is 2.26. The number of benzene rings is 1. The van der Waals surface area contributed by atoms with Crippen molar-refractivity contribution in [1.82, 2.24) is 9.55 Å². The molecule has 86 valence electrons. The monoisotopic (exact) mass is 247 g/mol. The van der Waals surface area contributed by atoms with Gasteiger partial charge < -0.3 is 14.7 Å². The average Bonchev–Trinajstić information content (AvgIpc) is 2.89. The quantitative estimate of drug-likeness (QED) is 0.758. The van der Waals surface area contributed by atoms with E-state index in [1.807, 2.05) is 28.8 Å². The number of rotatable bonds is 2. The third-order valence-electron chi connectivity index (χ3n) is 2.67. The number of para-hydroxylation sites is 1. The molecule has 0 fully saturated rings. The number of furan rings is 1. The van der Waals surface area contributed by atoms with Crippen LogP contribution in [0, 0.1) is 0 Å². The van der Waals surface area contributed by atoms with E-state index in [1.54, 1.807) is 12.5 Å². The van der Waals surface area contributed by atoms with Gasteiger partial charge in [0.25, 0.3) is 0 Å². The van der Waals surface area contributed by atoms with Gasteiger partial charge in [0.05, 0.1) is 35.1 Å². The highest BCUT2D eigenvalue weighted by Gasteiger charge is 2.11. The topological polar surface area (TPSA) is 57.0 Å². The van der Waals surface area contributed by atoms with Gasteiger partial charge in [-0.2, -0.15) is 0 Å². The number of fused-ring (bicyclic) bond motifs is 1. The highest BCUT2D eigenvalue weighted by atomic mass is 35.5. The van der Waals surface area contributed by atoms with Gasteiger partial charge in [-0.1, -0.05) is 17.7 Å². The van der Waals surface area contributed by atoms with Crippen molar-refractivity contribution in [3.8, 4) is 0 Å². The fraction of sp³-hybridized carbons (Fsp3) is 0.0833. The van der Waals surface area contributed by atoms with E-state index in [4.69, 9.17) is 21.8 Å². The van der Waals surface area contributed by atoms with Crippen LogP contribution in [0.25, 0.3) is 11.0 Å². The molecule has 3 rings (SSSR count). The van der Waals surface area contributed by atoms with Gasteiger partial charge in [-0.05, 0) is 18.2 Å². The zero-order chi connectivity index (χ0) is 11.8. The highest BCUT2D eigenvalue weighted by molar-refractivity contribution is 6.35. The standard InChI is InChI=1S/C12H10ClN3O/c13-9-2-1-3-10-11(9)16(12(14)15-10)6-8-4-5-17-7-8/h1-5,7H,6H2,(H2,14,15). The van der Waals surface area contributed by atoms with Crippen molar-refractivity contribution in [2.24, 2.45) is 0 Å². The van der Waals surface area contributed by atoms with Crippen molar-refractivity contribution in [3.05, 3.63) is 47.4 Å². The van der Waals surface area contributed by atoms with Gasteiger partial charge in [0.2, 0.25) is 5.95 Å². The lowest BCUT2D eigenvalue weighted by Gasteiger charge is -2.05. The molecule has 0 spiro atoms. The first-order valence-corrected chi connectivity index (χ1v) is 5.55. The predicted octanol–water partition coefficient (Wildman–Crippen LogP) is 2.91. The lowest BCUT2D eigenvalue weighted by atomic mass is 10.3. The maximum atomic E-state index is 6.18. The first kappa shape index (κ1) is 10.2. The van der Waals surface area contributed by atoms with E-state index < -0.39 is 0 Å². The first-order chi connectivity index (χ1) is 8.25. The number of aromatic nitrogens is 2. The summed E-state index contributed by atoms with van der Waals surface area (Å²) < 4.78 is 6.92. The molecule has 0 amide bonds. The van der Waals surface area contributed by atoms with Crippen molar-refractivity contribution in [1.29, 1.82) is 0 Å². The number of nitrogen functional groups attached to an aromatic ring is 1. The Morgan fingerprint density at radius 1 is 1.35 bits per heavy atom. The maximum Gasteiger partial charge on any atom is 0.201 e. The van der Waals surface area contributed by atoms with Crippen LogP contribution in [-0.2, 0) is 6.54 Å². The van der Waals surface area contributed by atoms with Crippen LogP contribution in [0.3, 0.4) is 0 Å². The van der Waals surface area contributed by atoms with Crippen LogP contribution in [0.5, 0.6) is 0 Å². The Balaban J connectivity index is 2.18. The summed E-state index contributed by atoms with van der Waals surface area (Å²) >= 11 is 6.18. The fourth-order valence-electron chi connectivity index (χ4n) is 1.88. The van der Waals surface area contributed by atoms with E-state index in [1.165, 1.54) is 0 Å². The second kappa shape index (κ2) is 3.82. The second-order valence-corrected chi connectivity index (χ2v) is 4.20. The Labute approximate surface area is 103 Å². The van der Waals surface area contributed by atoms with Gasteiger partial charge in [-0.3, -0.25) is 0 Å². The third kappa shape index (κ3) is 1.66. The molecule has 2 aromatic heterocycles. The van der Waals surface area contributed by atoms with Crippen LogP contribution in [0.2, 0.25) is 5.02 Å². The molecule has 0 radical (unpaired) electrons. The molecular weight excluding hydrogens is 238 g/mol. The normalized spacial score (nSPS) is 11.1. The molecule has 17 heavy (non-hydrogen) atoms. The first-order valence-electron chi connectivity index (χ1n) is 5.17. The SMILES string of the molecule is Nc1nc2cccc(Cl)c2n1Cc1ccoc1. The molecule has 0 saturated carbocycles. The van der Waals surface area contributed by atoms with Crippen molar-refractivity contribution < 1.29 is 4.42 Å². The van der Waals surface area contributed by atoms with E-state index in [9.17, 15) is 0 Å². The predicted molar refractivity (Wildman–Crippen MR) is 67.0 cm³/mol. The number of imidazole rings is 1. The minimum absolute atomic E-state index is 0.453. The number of hydrogen-bond acceptors (Lipinski definition) is 3. The summed E-state index contributed by atoms with van der Waals surface area (Å²) in [6, 6.07) is 7.47. The summed E-state index contributed by atoms with van der Waals surface area (Å²) in [5.74, 6) is 0.453. The summed E-state index contributed by atoms with van der Waals surface area (Å²) in [5, 5.41) is 0.648. The number of hydrogen-bond donors (Lipinski definition) is 1. The third-order valence-corrected chi connectivity index (χ3v) is 2.97. The van der Waals surface area contributed by atoms with Gasteiger partial charge in [-0.25, -0.2) is 4.98 Å². The Morgan fingerprint density at radius 2 is 2.24 bits per heavy atom. The van der Waals surface area contributed by atoms with E-state index in [2.05, 4.69) is 4.98 Å². The molecular formula is C12H10ClN3O. The molecule has 2 heterocycles. The van der Waals surface area contributed by atoms with Crippen LogP contribution in [0.15, 0.2) is 41.2 Å². The van der Waals surface area contributed by atoms with Crippen molar-refractivity contribution in [2.75, 3.05) is 5.73 Å². The average molecular weight is 248 g/mol. The zero-order valence-electron chi connectivity index (χ0n) is 8.93. The number of nitrogens with zero attached hydrogens (tertiary/aromatic N) is 2. The molecule has 0 unspecified atom stereocenters. The summed E-state index contributed by atoms with van der Waals surface area (Å²) in [7, 11) is 0. The Kier molecular flexibility index (Phi) is 2.30. The molecule has 4 nitrogen and oxygen atoms in total. The van der Waals surface area contributed by atoms with E-state index in [0.29, 0.717) is 17.5 Å². The number of nitrogens with two attached hydrogens (primary N) is 1. The van der Waals surface area contributed by atoms with Crippen LogP contribution < -0.4 is 5.73 Å². The molecule has 0 aliphatic rings. The Bertz CT molecular complexity index is 658. The Hall–Kier alpha value is -1.94. The van der Waals surface area contributed by atoms with Gasteiger partial charge in [-0.15, -0.1) is 0 Å². The summed E-state index contributed by atoms with van der Waals surface area (Å²) in [5.41, 5.74) is 8.58. The Morgan fingerprint density at radius 3 is 3.00 bits per heavy atom. The summed E-state index contributed by atoms with van der Waals surface area (Å²) in [6.07, 6.45) is 3.31. The van der Waals surface area contributed by atoms with Crippen LogP contribution in [-0.4, -0.2) is 9.55 Å². The fourth-order valence-corrected chi connectivity index (χ4v) is 2.16. The number of anilines is 1. The minimum Gasteiger partial charge on any atom is -0.472 e. The van der Waals surface area contributed by atoms with Crippen LogP contribution >= 0.6 is 11.6 Å². The molecule has 0 saturated heterocycles. The summed E-state index contributed by atoms with van der Waals surface area (Å²) in [4.78, 5) is 4.28. The van der Waals surface area contributed by atoms with Gasteiger partial charge in [0, 0.05) is 5.56 Å². The lowest BCUT2D eigenvalue weighted by molar-refractivity contribution is 0.562. The molecule has 0 aliphatic heterocycles. The van der Waals surface area contributed by atoms with E-state index in [-0.39, 0.29) is 0 Å². The molecule has 0 aliphatic carbocycles. The van der Waals surface area contributed by atoms with Crippen molar-refractivity contribution in [3.63, 3.8) is 0 Å². The minimum atomic E-state index is 0.453.